The third-order valence-electron chi connectivity index (χ3n) is 2.15. The van der Waals surface area contributed by atoms with Gasteiger partial charge in [-0.3, -0.25) is 0 Å². The van der Waals surface area contributed by atoms with Crippen LogP contribution >= 0.6 is 0 Å². The highest BCUT2D eigenvalue weighted by atomic mass is 16.5. The first-order valence-corrected chi connectivity index (χ1v) is 6.02. The van der Waals surface area contributed by atoms with Crippen LogP contribution in [-0.4, -0.2) is 23.8 Å². The lowest BCUT2D eigenvalue weighted by Crippen LogP contribution is -2.23. The topological polar surface area (TPSA) is 46.5 Å². The number of carboxylic acids is 1. The minimum absolute atomic E-state index is 0.413. The molecular formula is C13H22O3. The van der Waals surface area contributed by atoms with Gasteiger partial charge in [-0.1, -0.05) is 26.7 Å². The molecule has 0 amide bonds. The molecule has 0 aliphatic heterocycles. The van der Waals surface area contributed by atoms with Gasteiger partial charge in [0.05, 0.1) is 6.61 Å². The molecule has 0 aromatic heterocycles. The number of hydrogen-bond acceptors (Lipinski definition) is 2. The molecule has 0 saturated heterocycles. The summed E-state index contributed by atoms with van der Waals surface area (Å²) in [5, 5.41) is 8.82. The van der Waals surface area contributed by atoms with Gasteiger partial charge in [-0.15, -0.1) is 11.8 Å². The zero-order valence-electron chi connectivity index (χ0n) is 10.3. The van der Waals surface area contributed by atoms with Crippen LogP contribution in [0.4, 0.5) is 0 Å². The normalized spacial score (nSPS) is 11.6. The Kier molecular flexibility index (Phi) is 9.84. The fourth-order valence-electron chi connectivity index (χ4n) is 1.23. The largest absolute Gasteiger partial charge is 0.479 e. The zero-order valence-corrected chi connectivity index (χ0v) is 10.3. The van der Waals surface area contributed by atoms with Gasteiger partial charge in [0.1, 0.15) is 0 Å². The Labute approximate surface area is 98.2 Å². The van der Waals surface area contributed by atoms with Gasteiger partial charge in [-0.25, -0.2) is 4.79 Å². The maximum absolute atomic E-state index is 10.7. The summed E-state index contributed by atoms with van der Waals surface area (Å²) in [6.07, 6.45) is 4.55. The summed E-state index contributed by atoms with van der Waals surface area (Å²) in [4.78, 5) is 10.7. The molecule has 3 heteroatoms. The minimum Gasteiger partial charge on any atom is -0.479 e. The van der Waals surface area contributed by atoms with Gasteiger partial charge in [0.15, 0.2) is 6.10 Å². The van der Waals surface area contributed by atoms with Crippen LogP contribution in [0, 0.1) is 11.8 Å². The quantitative estimate of drug-likeness (QED) is 0.511. The third-order valence-corrected chi connectivity index (χ3v) is 2.15. The first kappa shape index (κ1) is 15.0. The highest BCUT2D eigenvalue weighted by Gasteiger charge is 2.15. The third kappa shape index (κ3) is 8.31. The van der Waals surface area contributed by atoms with E-state index in [0.29, 0.717) is 19.4 Å². The van der Waals surface area contributed by atoms with E-state index in [1.54, 1.807) is 0 Å². The molecule has 0 rings (SSSR count). The molecule has 3 nitrogen and oxygen atoms in total. The first-order valence-electron chi connectivity index (χ1n) is 6.02. The Morgan fingerprint density at radius 3 is 2.50 bits per heavy atom. The number of unbranched alkanes of at least 4 members (excludes halogenated alkanes) is 2. The molecule has 0 aromatic rings. The molecular weight excluding hydrogens is 204 g/mol. The molecule has 0 saturated carbocycles. The van der Waals surface area contributed by atoms with Crippen LogP contribution < -0.4 is 0 Å². The van der Waals surface area contributed by atoms with Crippen molar-refractivity contribution in [2.75, 3.05) is 6.61 Å². The second-order valence-electron chi connectivity index (χ2n) is 3.69. The summed E-state index contributed by atoms with van der Waals surface area (Å²) in [5.74, 6) is 5.16. The minimum atomic E-state index is -0.874. The van der Waals surface area contributed by atoms with Gasteiger partial charge < -0.3 is 9.84 Å². The van der Waals surface area contributed by atoms with Crippen molar-refractivity contribution in [2.24, 2.45) is 0 Å². The Balaban J connectivity index is 3.60. The van der Waals surface area contributed by atoms with Gasteiger partial charge in [-0.2, -0.15) is 0 Å². The lowest BCUT2D eigenvalue weighted by atomic mass is 10.2. The second kappa shape index (κ2) is 10.5. The average Bonchev–Trinajstić information content (AvgIpc) is 2.26. The fourth-order valence-corrected chi connectivity index (χ4v) is 1.23. The summed E-state index contributed by atoms with van der Waals surface area (Å²) in [6, 6.07) is 0. The molecule has 0 aliphatic rings. The molecule has 1 N–H and O–H groups in total. The molecule has 1 unspecified atom stereocenters. The van der Waals surface area contributed by atoms with E-state index < -0.39 is 12.1 Å². The van der Waals surface area contributed by atoms with Crippen LogP contribution in [0.2, 0.25) is 0 Å². The van der Waals surface area contributed by atoms with E-state index in [9.17, 15) is 4.79 Å². The molecule has 0 aliphatic carbocycles. The van der Waals surface area contributed by atoms with Gasteiger partial charge in [-0.05, 0) is 12.8 Å². The molecule has 1 atom stereocenters. The SMILES string of the molecule is CCCCC#CCCOC(CCC)C(=O)O. The first-order chi connectivity index (χ1) is 7.72. The van der Waals surface area contributed by atoms with Crippen molar-refractivity contribution < 1.29 is 14.6 Å². The van der Waals surface area contributed by atoms with Crippen LogP contribution in [0.1, 0.15) is 52.4 Å². The Hall–Kier alpha value is -1.01. The summed E-state index contributed by atoms with van der Waals surface area (Å²) in [7, 11) is 0. The predicted molar refractivity (Wildman–Crippen MR) is 64.2 cm³/mol. The molecule has 16 heavy (non-hydrogen) atoms. The summed E-state index contributed by atoms with van der Waals surface area (Å²) >= 11 is 0. The van der Waals surface area contributed by atoms with E-state index in [1.165, 1.54) is 0 Å². The molecule has 0 bridgehead atoms. The maximum atomic E-state index is 10.7. The van der Waals surface area contributed by atoms with Gasteiger partial charge in [0.2, 0.25) is 0 Å². The van der Waals surface area contributed by atoms with E-state index in [0.717, 1.165) is 25.7 Å². The molecule has 92 valence electrons. The van der Waals surface area contributed by atoms with Crippen molar-refractivity contribution in [1.82, 2.24) is 0 Å². The molecule has 0 radical (unpaired) electrons. The Morgan fingerprint density at radius 1 is 1.25 bits per heavy atom. The van der Waals surface area contributed by atoms with Crippen molar-refractivity contribution in [3.63, 3.8) is 0 Å². The summed E-state index contributed by atoms with van der Waals surface area (Å²) in [6.45, 7) is 4.49. The predicted octanol–water partition coefficient (Wildman–Crippen LogP) is 2.84. The summed E-state index contributed by atoms with van der Waals surface area (Å²) < 4.78 is 5.25. The Bertz CT molecular complexity index is 237. The molecule has 0 heterocycles. The number of carbonyl (C=O) groups is 1. The van der Waals surface area contributed by atoms with Crippen LogP contribution in [0.25, 0.3) is 0 Å². The number of aliphatic carboxylic acids is 1. The smallest absolute Gasteiger partial charge is 0.332 e. The average molecular weight is 226 g/mol. The number of ether oxygens (including phenoxy) is 1. The van der Waals surface area contributed by atoms with Gasteiger partial charge >= 0.3 is 5.97 Å². The van der Waals surface area contributed by atoms with Crippen LogP contribution in [0.15, 0.2) is 0 Å². The van der Waals surface area contributed by atoms with E-state index in [4.69, 9.17) is 9.84 Å². The second-order valence-corrected chi connectivity index (χ2v) is 3.69. The zero-order chi connectivity index (χ0) is 12.2. The number of hydrogen-bond donors (Lipinski definition) is 1. The summed E-state index contributed by atoms with van der Waals surface area (Å²) in [5.41, 5.74) is 0. The van der Waals surface area contributed by atoms with E-state index in [-0.39, 0.29) is 0 Å². The highest BCUT2D eigenvalue weighted by molar-refractivity contribution is 5.72. The van der Waals surface area contributed by atoms with Crippen molar-refractivity contribution in [2.45, 2.75) is 58.5 Å². The van der Waals surface area contributed by atoms with Crippen LogP contribution in [0.3, 0.4) is 0 Å². The van der Waals surface area contributed by atoms with Gasteiger partial charge in [0.25, 0.3) is 0 Å². The van der Waals surface area contributed by atoms with Crippen molar-refractivity contribution >= 4 is 5.97 Å². The molecule has 0 spiro atoms. The van der Waals surface area contributed by atoms with E-state index >= 15 is 0 Å². The number of carboxylic acid groups (broad SMARTS) is 1. The lowest BCUT2D eigenvalue weighted by molar-refractivity contribution is -0.150. The standard InChI is InChI=1S/C13H22O3/c1-3-5-6-7-8-9-11-16-12(10-4-2)13(14)15/h12H,3-6,9-11H2,1-2H3,(H,14,15). The number of rotatable bonds is 8. The lowest BCUT2D eigenvalue weighted by Gasteiger charge is -2.10. The highest BCUT2D eigenvalue weighted by Crippen LogP contribution is 2.02. The van der Waals surface area contributed by atoms with Crippen molar-refractivity contribution in [3.8, 4) is 11.8 Å². The van der Waals surface area contributed by atoms with Crippen molar-refractivity contribution in [3.05, 3.63) is 0 Å². The van der Waals surface area contributed by atoms with Crippen LogP contribution in [-0.2, 0) is 9.53 Å². The Morgan fingerprint density at radius 2 is 1.94 bits per heavy atom. The molecule has 0 fully saturated rings. The van der Waals surface area contributed by atoms with E-state index in [1.807, 2.05) is 6.92 Å². The molecule has 0 aromatic carbocycles. The van der Waals surface area contributed by atoms with Crippen LogP contribution in [0.5, 0.6) is 0 Å². The maximum Gasteiger partial charge on any atom is 0.332 e. The van der Waals surface area contributed by atoms with Crippen molar-refractivity contribution in [1.29, 1.82) is 0 Å². The van der Waals surface area contributed by atoms with Gasteiger partial charge in [0, 0.05) is 12.8 Å². The monoisotopic (exact) mass is 226 g/mol. The van der Waals surface area contributed by atoms with E-state index in [2.05, 4.69) is 18.8 Å². The fraction of sp³-hybridized carbons (Fsp3) is 0.769.